The van der Waals surface area contributed by atoms with Crippen molar-refractivity contribution in [2.75, 3.05) is 17.1 Å². The van der Waals surface area contributed by atoms with Gasteiger partial charge in [-0.15, -0.1) is 11.3 Å². The van der Waals surface area contributed by atoms with Gasteiger partial charge in [0.2, 0.25) is 0 Å². The third kappa shape index (κ3) is 6.43. The molecule has 0 spiro atoms. The highest BCUT2D eigenvalue weighted by atomic mass is 32.2. The number of amides is 1. The van der Waals surface area contributed by atoms with Gasteiger partial charge in [-0.25, -0.2) is 13.4 Å². The molecule has 5 rings (SSSR count). The van der Waals surface area contributed by atoms with Gasteiger partial charge in [0.15, 0.2) is 5.13 Å². The van der Waals surface area contributed by atoms with Crippen molar-refractivity contribution in [3.63, 3.8) is 0 Å². The zero-order valence-electron chi connectivity index (χ0n) is 20.7. The summed E-state index contributed by atoms with van der Waals surface area (Å²) in [7, 11) is -2.34. The molecule has 1 aromatic heterocycles. The van der Waals surface area contributed by atoms with E-state index in [0.717, 1.165) is 11.3 Å². The maximum absolute atomic E-state index is 12.9. The van der Waals surface area contributed by atoms with E-state index in [0.29, 0.717) is 22.3 Å². The smallest absolute Gasteiger partial charge is 0.261 e. The Bertz CT molecular complexity index is 1690. The number of nitrogens with zero attached hydrogens (tertiary/aromatic N) is 1. The molecule has 0 aliphatic rings. The lowest BCUT2D eigenvalue weighted by Gasteiger charge is -2.10. The van der Waals surface area contributed by atoms with Crippen LogP contribution in [0.25, 0.3) is 11.3 Å². The average Bonchev–Trinajstić information content (AvgIpc) is 3.42. The lowest BCUT2D eigenvalue weighted by molar-refractivity contribution is 0.102. The molecule has 0 radical (unpaired) electrons. The Kier molecular flexibility index (Phi) is 7.57. The van der Waals surface area contributed by atoms with Crippen LogP contribution in [0.2, 0.25) is 0 Å². The number of hydrogen-bond acceptors (Lipinski definition) is 7. The molecule has 1 heterocycles. The molecule has 8 nitrogen and oxygen atoms in total. The topological polar surface area (TPSA) is 107 Å². The van der Waals surface area contributed by atoms with Crippen LogP contribution in [0, 0.1) is 0 Å². The van der Waals surface area contributed by atoms with Crippen LogP contribution in [0.15, 0.2) is 113 Å². The summed E-state index contributed by atoms with van der Waals surface area (Å²) in [4.78, 5) is 17.5. The van der Waals surface area contributed by atoms with Gasteiger partial charge in [0.05, 0.1) is 17.7 Å². The van der Waals surface area contributed by atoms with Crippen LogP contribution < -0.4 is 19.5 Å². The van der Waals surface area contributed by atoms with Crippen LogP contribution in [-0.4, -0.2) is 26.4 Å². The molecule has 0 fully saturated rings. The molecule has 0 saturated heterocycles. The van der Waals surface area contributed by atoms with Crippen LogP contribution in [-0.2, 0) is 10.0 Å². The Labute approximate surface area is 229 Å². The monoisotopic (exact) mass is 557 g/mol. The van der Waals surface area contributed by atoms with Crippen molar-refractivity contribution < 1.29 is 22.7 Å². The molecule has 4 aromatic carbocycles. The second-order valence-corrected chi connectivity index (χ2v) is 10.8. The van der Waals surface area contributed by atoms with Crippen molar-refractivity contribution in [1.82, 2.24) is 4.98 Å². The Morgan fingerprint density at radius 3 is 2.23 bits per heavy atom. The van der Waals surface area contributed by atoms with Crippen LogP contribution in [0.1, 0.15) is 10.4 Å². The van der Waals surface area contributed by atoms with Crippen LogP contribution in [0.5, 0.6) is 17.2 Å². The minimum atomic E-state index is -3.84. The fourth-order valence-corrected chi connectivity index (χ4v) is 5.41. The molecule has 0 unspecified atom stereocenters. The van der Waals surface area contributed by atoms with Gasteiger partial charge in [-0.05, 0) is 78.9 Å². The maximum atomic E-state index is 12.9. The summed E-state index contributed by atoms with van der Waals surface area (Å²) in [6.07, 6.45) is 0. The molecule has 0 aliphatic carbocycles. The SMILES string of the molecule is COc1ccc(S(=O)(=O)Nc2cccc(C(=O)Nc3nc(-c4ccc(Oc5ccccc5)cc4)cs3)c2)cc1. The zero-order valence-corrected chi connectivity index (χ0v) is 22.3. The lowest BCUT2D eigenvalue weighted by Crippen LogP contribution is -2.15. The molecule has 0 bridgehead atoms. The van der Waals surface area contributed by atoms with Crippen molar-refractivity contribution in [2.45, 2.75) is 4.90 Å². The number of ether oxygens (including phenoxy) is 2. The number of methoxy groups -OCH3 is 1. The van der Waals surface area contributed by atoms with E-state index in [1.807, 2.05) is 60.0 Å². The van der Waals surface area contributed by atoms with Gasteiger partial charge in [0.1, 0.15) is 17.2 Å². The van der Waals surface area contributed by atoms with Gasteiger partial charge in [0, 0.05) is 22.2 Å². The number of aromatic nitrogens is 1. The summed E-state index contributed by atoms with van der Waals surface area (Å²) in [5.74, 6) is 1.60. The first-order valence-electron chi connectivity index (χ1n) is 11.8. The standard InChI is InChI=1S/C29H23N3O5S2/c1-36-23-14-16-26(17-15-23)39(34,35)32-22-7-5-6-21(18-22)28(33)31-29-30-27(19-38-29)20-10-12-25(13-11-20)37-24-8-3-2-4-9-24/h2-19,32H,1H3,(H,30,31,33). The van der Waals surface area contributed by atoms with Crippen molar-refractivity contribution in [3.8, 4) is 28.5 Å². The number of nitrogens with one attached hydrogen (secondary N) is 2. The van der Waals surface area contributed by atoms with Gasteiger partial charge in [-0.1, -0.05) is 24.3 Å². The number of benzene rings is 4. The molecule has 1 amide bonds. The van der Waals surface area contributed by atoms with Crippen LogP contribution in [0.4, 0.5) is 10.8 Å². The molecule has 10 heteroatoms. The predicted molar refractivity (Wildman–Crippen MR) is 152 cm³/mol. The Morgan fingerprint density at radius 1 is 0.821 bits per heavy atom. The number of rotatable bonds is 9. The van der Waals surface area contributed by atoms with Crippen molar-refractivity contribution in [2.24, 2.45) is 0 Å². The average molecular weight is 558 g/mol. The summed E-state index contributed by atoms with van der Waals surface area (Å²) in [6, 6.07) is 29.3. The molecule has 0 saturated carbocycles. The summed E-state index contributed by atoms with van der Waals surface area (Å²) in [6.45, 7) is 0. The number of hydrogen-bond donors (Lipinski definition) is 2. The number of carbonyl (C=O) groups is 1. The zero-order chi connectivity index (χ0) is 27.2. The highest BCUT2D eigenvalue weighted by molar-refractivity contribution is 7.92. The first kappa shape index (κ1) is 26.0. The third-order valence-corrected chi connectivity index (χ3v) is 7.76. The second kappa shape index (κ2) is 11.4. The van der Waals surface area contributed by atoms with E-state index in [2.05, 4.69) is 15.0 Å². The van der Waals surface area contributed by atoms with E-state index < -0.39 is 15.9 Å². The highest BCUT2D eigenvalue weighted by Gasteiger charge is 2.16. The van der Waals surface area contributed by atoms with Crippen LogP contribution >= 0.6 is 11.3 Å². The molecule has 0 aliphatic heterocycles. The predicted octanol–water partition coefficient (Wildman–Crippen LogP) is 6.66. The highest BCUT2D eigenvalue weighted by Crippen LogP contribution is 2.29. The summed E-state index contributed by atoms with van der Waals surface area (Å²) in [5, 5.41) is 5.05. The van der Waals surface area contributed by atoms with E-state index in [1.54, 1.807) is 30.3 Å². The van der Waals surface area contributed by atoms with Crippen molar-refractivity contribution in [1.29, 1.82) is 0 Å². The quantitative estimate of drug-likeness (QED) is 0.210. The minimum absolute atomic E-state index is 0.0770. The Hall–Kier alpha value is -4.67. The number of thiazole rings is 1. The second-order valence-electron chi connectivity index (χ2n) is 8.29. The fraction of sp³-hybridized carbons (Fsp3) is 0.0345. The minimum Gasteiger partial charge on any atom is -0.497 e. The molecular formula is C29H23N3O5S2. The first-order chi connectivity index (χ1) is 18.9. The van der Waals surface area contributed by atoms with Gasteiger partial charge < -0.3 is 9.47 Å². The Balaban J connectivity index is 1.23. The van der Waals surface area contributed by atoms with E-state index in [4.69, 9.17) is 9.47 Å². The summed E-state index contributed by atoms with van der Waals surface area (Å²) < 4.78 is 38.9. The van der Waals surface area contributed by atoms with Crippen LogP contribution in [0.3, 0.4) is 0 Å². The molecule has 2 N–H and O–H groups in total. The summed E-state index contributed by atoms with van der Waals surface area (Å²) >= 11 is 1.29. The molecule has 196 valence electrons. The fourth-order valence-electron chi connectivity index (χ4n) is 3.64. The number of carbonyl (C=O) groups excluding carboxylic acids is 1. The van der Waals surface area contributed by atoms with Crippen molar-refractivity contribution >= 4 is 38.1 Å². The number of para-hydroxylation sites is 1. The van der Waals surface area contributed by atoms with Gasteiger partial charge in [0.25, 0.3) is 15.9 Å². The van der Waals surface area contributed by atoms with E-state index in [-0.39, 0.29) is 16.1 Å². The summed E-state index contributed by atoms with van der Waals surface area (Å²) in [5.41, 5.74) is 2.13. The largest absolute Gasteiger partial charge is 0.497 e. The van der Waals surface area contributed by atoms with E-state index >= 15 is 0 Å². The molecular weight excluding hydrogens is 534 g/mol. The van der Waals surface area contributed by atoms with E-state index in [1.165, 1.54) is 36.6 Å². The number of sulfonamides is 1. The first-order valence-corrected chi connectivity index (χ1v) is 14.1. The molecule has 5 aromatic rings. The normalized spacial score (nSPS) is 11.0. The molecule has 39 heavy (non-hydrogen) atoms. The van der Waals surface area contributed by atoms with Gasteiger partial charge in [-0.3, -0.25) is 14.8 Å². The lowest BCUT2D eigenvalue weighted by atomic mass is 10.2. The maximum Gasteiger partial charge on any atom is 0.261 e. The third-order valence-electron chi connectivity index (χ3n) is 5.60. The van der Waals surface area contributed by atoms with Gasteiger partial charge >= 0.3 is 0 Å². The Morgan fingerprint density at radius 2 is 1.51 bits per heavy atom. The molecule has 0 atom stereocenters. The van der Waals surface area contributed by atoms with Crippen molar-refractivity contribution in [3.05, 3.63) is 114 Å². The van der Waals surface area contributed by atoms with Gasteiger partial charge in [-0.2, -0.15) is 0 Å². The number of anilines is 2. The van der Waals surface area contributed by atoms with E-state index in [9.17, 15) is 13.2 Å².